The molecule has 1 aromatic carbocycles. The number of aromatic amines is 1. The molecule has 0 aliphatic heterocycles. The van der Waals surface area contributed by atoms with Gasteiger partial charge in [-0.2, -0.15) is 20.3 Å². The summed E-state index contributed by atoms with van der Waals surface area (Å²) in [4.78, 5) is 26.0. The molecule has 11 nitrogen and oxygen atoms in total. The molecule has 32 heavy (non-hydrogen) atoms. The molecule has 1 aliphatic rings. The second-order valence-electron chi connectivity index (χ2n) is 7.48. The molecule has 0 bridgehead atoms. The predicted molar refractivity (Wildman–Crippen MR) is 114 cm³/mol. The molecule has 3 heterocycles. The van der Waals surface area contributed by atoms with Crippen molar-refractivity contribution in [1.82, 2.24) is 29.7 Å². The SMILES string of the molecule is N#Cc1c(N)nc(N)nc1N[C@H](c1nc2ccc(F)cc2c(=O)n1-c1ccn[nH]1)C1CC1. The lowest BCUT2D eigenvalue weighted by Crippen LogP contribution is -2.30. The Morgan fingerprint density at radius 3 is 2.75 bits per heavy atom. The smallest absolute Gasteiger partial charge is 0.267 e. The lowest BCUT2D eigenvalue weighted by atomic mass is 10.1. The summed E-state index contributed by atoms with van der Waals surface area (Å²) < 4.78 is 15.2. The molecule has 1 aliphatic carbocycles. The zero-order valence-electron chi connectivity index (χ0n) is 16.6. The molecule has 0 spiro atoms. The fraction of sp³-hybridized carbons (Fsp3) is 0.200. The molecular weight excluding hydrogens is 415 g/mol. The topological polar surface area (TPSA) is 177 Å². The Bertz CT molecular complexity index is 1440. The maximum absolute atomic E-state index is 13.9. The molecule has 0 unspecified atom stereocenters. The van der Waals surface area contributed by atoms with E-state index >= 15 is 0 Å². The van der Waals surface area contributed by atoms with Crippen molar-refractivity contribution in [2.75, 3.05) is 16.8 Å². The van der Waals surface area contributed by atoms with Gasteiger partial charge in [-0.1, -0.05) is 0 Å². The third-order valence-corrected chi connectivity index (χ3v) is 5.31. The summed E-state index contributed by atoms with van der Waals surface area (Å²) in [6.45, 7) is 0. The zero-order valence-corrected chi connectivity index (χ0v) is 16.6. The summed E-state index contributed by atoms with van der Waals surface area (Å²) in [5.74, 6) is 0.315. The zero-order chi connectivity index (χ0) is 22.4. The van der Waals surface area contributed by atoms with Gasteiger partial charge in [-0.05, 0) is 37.0 Å². The Balaban J connectivity index is 1.74. The van der Waals surface area contributed by atoms with Gasteiger partial charge in [0.1, 0.15) is 34.9 Å². The number of nitrogens with zero attached hydrogens (tertiary/aromatic N) is 6. The van der Waals surface area contributed by atoms with Gasteiger partial charge in [-0.25, -0.2) is 13.9 Å². The number of hydrogen-bond acceptors (Lipinski definition) is 9. The molecule has 12 heteroatoms. The number of nitriles is 1. The molecule has 1 atom stereocenters. The van der Waals surface area contributed by atoms with Gasteiger partial charge in [0.2, 0.25) is 5.95 Å². The fourth-order valence-corrected chi connectivity index (χ4v) is 3.67. The van der Waals surface area contributed by atoms with E-state index in [1.807, 2.05) is 6.07 Å². The van der Waals surface area contributed by atoms with Gasteiger partial charge in [-0.15, -0.1) is 0 Å². The van der Waals surface area contributed by atoms with Crippen LogP contribution >= 0.6 is 0 Å². The third kappa shape index (κ3) is 3.25. The van der Waals surface area contributed by atoms with Crippen LogP contribution in [-0.4, -0.2) is 29.7 Å². The summed E-state index contributed by atoms with van der Waals surface area (Å²) >= 11 is 0. The summed E-state index contributed by atoms with van der Waals surface area (Å²) in [7, 11) is 0. The Morgan fingerprint density at radius 2 is 2.06 bits per heavy atom. The number of halogens is 1. The van der Waals surface area contributed by atoms with Crippen molar-refractivity contribution in [3.63, 3.8) is 0 Å². The molecule has 1 saturated carbocycles. The number of benzene rings is 1. The van der Waals surface area contributed by atoms with Gasteiger partial charge in [0, 0.05) is 6.07 Å². The van der Waals surface area contributed by atoms with Gasteiger partial charge in [-0.3, -0.25) is 9.89 Å². The highest BCUT2D eigenvalue weighted by Crippen LogP contribution is 2.43. The molecule has 5 rings (SSSR count). The van der Waals surface area contributed by atoms with Gasteiger partial charge >= 0.3 is 0 Å². The quantitative estimate of drug-likeness (QED) is 0.365. The van der Waals surface area contributed by atoms with Crippen molar-refractivity contribution in [1.29, 1.82) is 5.26 Å². The first-order chi connectivity index (χ1) is 15.5. The highest BCUT2D eigenvalue weighted by molar-refractivity contribution is 5.78. The maximum atomic E-state index is 13.9. The van der Waals surface area contributed by atoms with Crippen LogP contribution in [0.2, 0.25) is 0 Å². The van der Waals surface area contributed by atoms with Crippen molar-refractivity contribution < 1.29 is 4.39 Å². The Kier molecular flexibility index (Phi) is 4.44. The van der Waals surface area contributed by atoms with E-state index in [0.29, 0.717) is 17.2 Å². The van der Waals surface area contributed by atoms with Crippen molar-refractivity contribution in [3.05, 3.63) is 58.0 Å². The monoisotopic (exact) mass is 432 g/mol. The molecule has 4 aromatic rings. The maximum Gasteiger partial charge on any atom is 0.267 e. The molecule has 0 radical (unpaired) electrons. The van der Waals surface area contributed by atoms with E-state index in [4.69, 9.17) is 11.5 Å². The molecule has 160 valence electrons. The summed E-state index contributed by atoms with van der Waals surface area (Å²) in [6, 6.07) is 6.94. The van der Waals surface area contributed by atoms with Crippen LogP contribution in [0.1, 0.15) is 30.3 Å². The molecular formula is C20H17FN10O. The van der Waals surface area contributed by atoms with Gasteiger partial charge in [0.05, 0.1) is 23.1 Å². The molecule has 1 fully saturated rings. The van der Waals surface area contributed by atoms with Crippen LogP contribution in [0, 0.1) is 23.1 Å². The van der Waals surface area contributed by atoms with Crippen LogP contribution in [0.5, 0.6) is 0 Å². The number of nitrogens with two attached hydrogens (primary N) is 2. The van der Waals surface area contributed by atoms with E-state index in [9.17, 15) is 14.4 Å². The lowest BCUT2D eigenvalue weighted by molar-refractivity contribution is 0.604. The van der Waals surface area contributed by atoms with Crippen LogP contribution in [-0.2, 0) is 0 Å². The van der Waals surface area contributed by atoms with Crippen LogP contribution in [0.3, 0.4) is 0 Å². The standard InChI is InChI=1S/C20H17FN10O/c21-10-3-4-13-11(7-10)19(32)31(14-5-6-25-30-14)18(26-13)15(9-1-2-9)27-17-12(8-22)16(23)28-20(24)29-17/h3-7,9,15H,1-2H2,(H,25,30)(H5,23,24,27,28,29)/t15-/m0/s1. The normalized spacial score (nSPS) is 14.2. The highest BCUT2D eigenvalue weighted by atomic mass is 19.1. The average molecular weight is 432 g/mol. The third-order valence-electron chi connectivity index (χ3n) is 5.31. The number of anilines is 3. The van der Waals surface area contributed by atoms with Crippen molar-refractivity contribution in [2.24, 2.45) is 5.92 Å². The number of hydrogen-bond donors (Lipinski definition) is 4. The van der Waals surface area contributed by atoms with E-state index in [1.54, 1.807) is 6.07 Å². The van der Waals surface area contributed by atoms with Gasteiger partial charge < -0.3 is 16.8 Å². The van der Waals surface area contributed by atoms with Gasteiger partial charge in [0.15, 0.2) is 5.82 Å². The van der Waals surface area contributed by atoms with E-state index in [-0.39, 0.29) is 34.5 Å². The summed E-state index contributed by atoms with van der Waals surface area (Å²) in [5.41, 5.74) is 11.5. The predicted octanol–water partition coefficient (Wildman–Crippen LogP) is 1.64. The summed E-state index contributed by atoms with van der Waals surface area (Å²) in [6.07, 6.45) is 3.24. The lowest BCUT2D eigenvalue weighted by Gasteiger charge is -2.23. The molecule has 0 saturated heterocycles. The first kappa shape index (κ1) is 19.4. The number of fused-ring (bicyclic) bond motifs is 1. The Hall–Kier alpha value is -4.53. The number of nitrogen functional groups attached to an aromatic ring is 2. The average Bonchev–Trinajstić information content (AvgIpc) is 3.46. The second kappa shape index (κ2) is 7.31. The van der Waals surface area contributed by atoms with E-state index < -0.39 is 17.4 Å². The van der Waals surface area contributed by atoms with Crippen LogP contribution in [0.15, 0.2) is 35.3 Å². The minimum atomic E-state index is -0.539. The van der Waals surface area contributed by atoms with E-state index in [2.05, 4.69) is 30.5 Å². The first-order valence-electron chi connectivity index (χ1n) is 9.78. The van der Waals surface area contributed by atoms with Crippen LogP contribution < -0.4 is 22.3 Å². The van der Waals surface area contributed by atoms with Crippen LogP contribution in [0.25, 0.3) is 16.7 Å². The minimum absolute atomic E-state index is 0.0446. The first-order valence-corrected chi connectivity index (χ1v) is 9.78. The molecule has 0 amide bonds. The number of rotatable bonds is 5. The van der Waals surface area contributed by atoms with Crippen molar-refractivity contribution in [3.8, 4) is 11.9 Å². The Labute approximate surface area is 179 Å². The van der Waals surface area contributed by atoms with Crippen LogP contribution in [0.4, 0.5) is 22.0 Å². The second-order valence-corrected chi connectivity index (χ2v) is 7.48. The molecule has 6 N–H and O–H groups in total. The number of nitrogens with one attached hydrogen (secondary N) is 2. The number of aromatic nitrogens is 6. The van der Waals surface area contributed by atoms with E-state index in [0.717, 1.165) is 18.9 Å². The fourth-order valence-electron chi connectivity index (χ4n) is 3.67. The largest absolute Gasteiger partial charge is 0.382 e. The highest BCUT2D eigenvalue weighted by Gasteiger charge is 2.37. The number of H-pyrrole nitrogens is 1. The minimum Gasteiger partial charge on any atom is -0.382 e. The summed E-state index contributed by atoms with van der Waals surface area (Å²) in [5, 5.41) is 19.6. The van der Waals surface area contributed by atoms with Crippen molar-refractivity contribution >= 4 is 28.5 Å². The molecule has 3 aromatic heterocycles. The Morgan fingerprint density at radius 1 is 1.25 bits per heavy atom. The van der Waals surface area contributed by atoms with Gasteiger partial charge in [0.25, 0.3) is 5.56 Å². The van der Waals surface area contributed by atoms with Crippen molar-refractivity contribution in [2.45, 2.75) is 18.9 Å². The van der Waals surface area contributed by atoms with E-state index in [1.165, 1.54) is 22.9 Å².